The number of nitrogens with two attached hydrogens (primary N) is 1. The van der Waals surface area contributed by atoms with Gasteiger partial charge in [0.2, 0.25) is 5.91 Å². The van der Waals surface area contributed by atoms with Gasteiger partial charge >= 0.3 is 5.97 Å². The molecule has 0 fully saturated rings. The first kappa shape index (κ1) is 15.4. The molecular weight excluding hydrogens is 244 g/mol. The third kappa shape index (κ3) is 6.76. The molecule has 0 heterocycles. The number of carboxylic acids is 1. The Morgan fingerprint density at radius 2 is 2.21 bits per heavy atom. The largest absolute Gasteiger partial charge is 0.480 e. The molecule has 106 valence electrons. The van der Waals surface area contributed by atoms with E-state index >= 15 is 0 Å². The summed E-state index contributed by atoms with van der Waals surface area (Å²) in [5.41, 5.74) is 6.67. The van der Waals surface area contributed by atoms with Crippen LogP contribution in [0.4, 0.5) is 0 Å². The van der Waals surface area contributed by atoms with Crippen molar-refractivity contribution in [2.24, 2.45) is 5.73 Å². The molecule has 0 aromatic carbocycles. The van der Waals surface area contributed by atoms with E-state index in [4.69, 9.17) is 10.8 Å². The highest BCUT2D eigenvalue weighted by atomic mass is 16.4. The van der Waals surface area contributed by atoms with Crippen molar-refractivity contribution < 1.29 is 14.7 Å². The van der Waals surface area contributed by atoms with E-state index in [-0.39, 0.29) is 5.91 Å². The summed E-state index contributed by atoms with van der Waals surface area (Å²) in [6.45, 7) is 0.586. The molecule has 0 unspecified atom stereocenters. The van der Waals surface area contributed by atoms with Crippen molar-refractivity contribution >= 4 is 11.9 Å². The molecule has 0 aliphatic heterocycles. The topological polar surface area (TPSA) is 92.4 Å². The van der Waals surface area contributed by atoms with E-state index in [1.165, 1.54) is 5.57 Å². The van der Waals surface area contributed by atoms with E-state index in [0.29, 0.717) is 25.8 Å². The summed E-state index contributed by atoms with van der Waals surface area (Å²) in [6.07, 6.45) is 10.4. The van der Waals surface area contributed by atoms with E-state index < -0.39 is 12.0 Å². The van der Waals surface area contributed by atoms with Crippen LogP contribution in [0.25, 0.3) is 0 Å². The molecule has 1 aliphatic rings. The zero-order valence-corrected chi connectivity index (χ0v) is 11.1. The van der Waals surface area contributed by atoms with Crippen LogP contribution < -0.4 is 11.1 Å². The number of allylic oxidation sites excluding steroid dienone is 4. The van der Waals surface area contributed by atoms with Crippen molar-refractivity contribution in [2.45, 2.75) is 44.6 Å². The van der Waals surface area contributed by atoms with Crippen molar-refractivity contribution in [3.8, 4) is 0 Å². The maximum absolute atomic E-state index is 11.5. The lowest BCUT2D eigenvalue weighted by Gasteiger charge is -2.07. The highest BCUT2D eigenvalue weighted by Gasteiger charge is 2.10. The smallest absolute Gasteiger partial charge is 0.320 e. The van der Waals surface area contributed by atoms with E-state index in [1.54, 1.807) is 0 Å². The number of hydrogen-bond donors (Lipinski definition) is 3. The van der Waals surface area contributed by atoms with Crippen LogP contribution in [-0.2, 0) is 9.59 Å². The molecule has 1 amide bonds. The summed E-state index contributed by atoms with van der Waals surface area (Å²) in [5, 5.41) is 11.4. The van der Waals surface area contributed by atoms with Crippen LogP contribution in [0.15, 0.2) is 23.8 Å². The van der Waals surface area contributed by atoms with Crippen molar-refractivity contribution in [2.75, 3.05) is 6.54 Å². The third-order valence-electron chi connectivity index (χ3n) is 3.10. The van der Waals surface area contributed by atoms with Gasteiger partial charge in [-0.3, -0.25) is 9.59 Å². The van der Waals surface area contributed by atoms with Gasteiger partial charge in [-0.15, -0.1) is 0 Å². The predicted molar refractivity (Wildman–Crippen MR) is 73.5 cm³/mol. The monoisotopic (exact) mass is 266 g/mol. The first-order valence-corrected chi connectivity index (χ1v) is 6.69. The fraction of sp³-hybridized carbons (Fsp3) is 0.571. The third-order valence-corrected chi connectivity index (χ3v) is 3.10. The number of aliphatic carboxylic acids is 1. The molecule has 0 saturated heterocycles. The normalized spacial score (nSPS) is 15.1. The molecule has 0 saturated carbocycles. The van der Waals surface area contributed by atoms with Gasteiger partial charge in [0.15, 0.2) is 0 Å². The number of carbonyl (C=O) groups is 2. The Hall–Kier alpha value is -1.62. The molecule has 5 nitrogen and oxygen atoms in total. The molecule has 0 aromatic rings. The second kappa shape index (κ2) is 8.48. The van der Waals surface area contributed by atoms with Crippen LogP contribution in [-0.4, -0.2) is 29.6 Å². The van der Waals surface area contributed by atoms with Crippen molar-refractivity contribution in [1.82, 2.24) is 5.32 Å². The van der Waals surface area contributed by atoms with E-state index in [2.05, 4.69) is 17.5 Å². The summed E-state index contributed by atoms with van der Waals surface area (Å²) >= 11 is 0. The molecule has 1 atom stereocenters. The number of amides is 1. The number of rotatable bonds is 9. The Morgan fingerprint density at radius 1 is 1.42 bits per heavy atom. The molecule has 0 radical (unpaired) electrons. The van der Waals surface area contributed by atoms with Crippen LogP contribution in [0.2, 0.25) is 0 Å². The Labute approximate surface area is 113 Å². The molecule has 0 spiro atoms. The van der Waals surface area contributed by atoms with Crippen molar-refractivity contribution in [3.05, 3.63) is 23.8 Å². The lowest BCUT2D eigenvalue weighted by atomic mass is 10.1. The lowest BCUT2D eigenvalue weighted by Crippen LogP contribution is -2.30. The second-order valence-corrected chi connectivity index (χ2v) is 4.75. The Balaban J connectivity index is 1.97. The van der Waals surface area contributed by atoms with Crippen LogP contribution >= 0.6 is 0 Å². The van der Waals surface area contributed by atoms with E-state index in [0.717, 1.165) is 19.3 Å². The standard InChI is InChI=1S/C14H22N2O3/c15-12(14(18)19)7-3-4-10-16-13(17)9-8-11-5-1-2-6-11/h1-2,5,12H,3-4,6-10,15H2,(H,16,17)(H,18,19)/t12-/m0/s1. The van der Waals surface area contributed by atoms with Gasteiger partial charge in [0.1, 0.15) is 6.04 Å². The summed E-state index contributed by atoms with van der Waals surface area (Å²) in [6, 6.07) is -0.794. The number of carboxylic acid groups (broad SMARTS) is 1. The minimum Gasteiger partial charge on any atom is -0.480 e. The van der Waals surface area contributed by atoms with Gasteiger partial charge in [0.25, 0.3) is 0 Å². The minimum atomic E-state index is -0.970. The zero-order valence-electron chi connectivity index (χ0n) is 11.1. The van der Waals surface area contributed by atoms with Gasteiger partial charge < -0.3 is 16.2 Å². The number of hydrogen-bond acceptors (Lipinski definition) is 3. The van der Waals surface area contributed by atoms with E-state index in [9.17, 15) is 9.59 Å². The average molecular weight is 266 g/mol. The summed E-state index contributed by atoms with van der Waals surface area (Å²) in [7, 11) is 0. The van der Waals surface area contributed by atoms with Gasteiger partial charge in [-0.25, -0.2) is 0 Å². The molecule has 1 rings (SSSR count). The maximum Gasteiger partial charge on any atom is 0.320 e. The van der Waals surface area contributed by atoms with Crippen LogP contribution in [0.5, 0.6) is 0 Å². The number of nitrogens with one attached hydrogen (secondary N) is 1. The predicted octanol–water partition coefficient (Wildman–Crippen LogP) is 1.35. The number of carbonyl (C=O) groups excluding carboxylic acids is 1. The van der Waals surface area contributed by atoms with Crippen LogP contribution in [0, 0.1) is 0 Å². The molecule has 5 heteroatoms. The average Bonchev–Trinajstić information content (AvgIpc) is 2.88. The lowest BCUT2D eigenvalue weighted by molar-refractivity contribution is -0.138. The van der Waals surface area contributed by atoms with Gasteiger partial charge in [-0.05, 0) is 32.1 Å². The molecule has 0 aromatic heterocycles. The van der Waals surface area contributed by atoms with Gasteiger partial charge in [0, 0.05) is 13.0 Å². The quantitative estimate of drug-likeness (QED) is 0.549. The summed E-state index contributed by atoms with van der Waals surface area (Å²) < 4.78 is 0. The van der Waals surface area contributed by atoms with Crippen molar-refractivity contribution in [3.63, 3.8) is 0 Å². The highest BCUT2D eigenvalue weighted by Crippen LogP contribution is 2.15. The molecule has 1 aliphatic carbocycles. The first-order valence-electron chi connectivity index (χ1n) is 6.69. The Bertz CT molecular complexity index is 375. The fourth-order valence-electron chi connectivity index (χ4n) is 1.88. The van der Waals surface area contributed by atoms with Crippen molar-refractivity contribution in [1.29, 1.82) is 0 Å². The molecule has 4 N–H and O–H groups in total. The molecule has 0 bridgehead atoms. The summed E-state index contributed by atoms with van der Waals surface area (Å²) in [4.78, 5) is 22.0. The highest BCUT2D eigenvalue weighted by molar-refractivity contribution is 5.76. The Kier molecular flexibility index (Phi) is 6.89. The van der Waals surface area contributed by atoms with Crippen LogP contribution in [0.1, 0.15) is 38.5 Å². The maximum atomic E-state index is 11.5. The van der Waals surface area contributed by atoms with Gasteiger partial charge in [-0.1, -0.05) is 23.8 Å². The van der Waals surface area contributed by atoms with Crippen LogP contribution in [0.3, 0.4) is 0 Å². The van der Waals surface area contributed by atoms with Gasteiger partial charge in [0.05, 0.1) is 0 Å². The first-order chi connectivity index (χ1) is 9.09. The Morgan fingerprint density at radius 3 is 2.84 bits per heavy atom. The SMILES string of the molecule is N[C@@H](CCCCNC(=O)CCC1=CC=CC1)C(=O)O. The zero-order chi connectivity index (χ0) is 14.1. The molecular formula is C14H22N2O3. The number of unbranched alkanes of at least 4 members (excludes halogenated alkanes) is 1. The van der Waals surface area contributed by atoms with Gasteiger partial charge in [-0.2, -0.15) is 0 Å². The molecule has 19 heavy (non-hydrogen) atoms. The fourth-order valence-corrected chi connectivity index (χ4v) is 1.88. The minimum absolute atomic E-state index is 0.0512. The van der Waals surface area contributed by atoms with E-state index in [1.807, 2.05) is 6.08 Å². The summed E-state index contributed by atoms with van der Waals surface area (Å²) in [5.74, 6) is -0.919. The second-order valence-electron chi connectivity index (χ2n) is 4.75.